The van der Waals surface area contributed by atoms with Gasteiger partial charge < -0.3 is 0 Å². The molecule has 0 radical (unpaired) electrons. The molecule has 0 saturated heterocycles. The summed E-state index contributed by atoms with van der Waals surface area (Å²) in [6.07, 6.45) is 4.42. The fraction of sp³-hybridized carbons (Fsp3) is 0.400. The molecule has 0 spiro atoms. The maximum Gasteiger partial charge on any atom is 0.0476 e. The van der Waals surface area contributed by atoms with E-state index >= 15 is 0 Å². The highest BCUT2D eigenvalue weighted by atomic mass is 35.5. The van der Waals surface area contributed by atoms with Gasteiger partial charge in [0.15, 0.2) is 0 Å². The standard InChI is InChI=1S/C20H22Cl2/c1-13-7-15-3-4-16-8-14(2)20(12-22)10-18(16)6-5-17(15)9-19(13)11-21/h7-10H,3-6,11-12H2,1-2H3. The minimum atomic E-state index is 0.602. The summed E-state index contributed by atoms with van der Waals surface area (Å²) < 4.78 is 0. The van der Waals surface area contributed by atoms with Gasteiger partial charge in [-0.05, 0) is 84.0 Å². The SMILES string of the molecule is Cc1cc2c(cc1CCl)CCc1cc(CCl)c(C)cc1CC2. The Kier molecular flexibility index (Phi) is 4.80. The van der Waals surface area contributed by atoms with E-state index in [0.29, 0.717) is 11.8 Å². The second-order valence-corrected chi connectivity index (χ2v) is 6.90. The first kappa shape index (κ1) is 15.9. The second-order valence-electron chi connectivity index (χ2n) is 6.36. The highest BCUT2D eigenvalue weighted by Gasteiger charge is 2.14. The number of halogens is 2. The molecule has 0 nitrogen and oxygen atoms in total. The summed E-state index contributed by atoms with van der Waals surface area (Å²) in [5, 5.41) is 0. The molecule has 0 N–H and O–H groups in total. The zero-order chi connectivity index (χ0) is 15.7. The van der Waals surface area contributed by atoms with E-state index in [-0.39, 0.29) is 0 Å². The summed E-state index contributed by atoms with van der Waals surface area (Å²) in [5.74, 6) is 1.20. The molecule has 0 unspecified atom stereocenters. The molecule has 3 rings (SSSR count). The van der Waals surface area contributed by atoms with Crippen molar-refractivity contribution in [3.63, 3.8) is 0 Å². The predicted molar refractivity (Wildman–Crippen MR) is 96.3 cm³/mol. The lowest BCUT2D eigenvalue weighted by Gasteiger charge is -2.20. The molecule has 1 aliphatic rings. The highest BCUT2D eigenvalue weighted by Crippen LogP contribution is 2.27. The maximum atomic E-state index is 6.07. The van der Waals surface area contributed by atoms with Gasteiger partial charge in [-0.25, -0.2) is 0 Å². The average molecular weight is 333 g/mol. The van der Waals surface area contributed by atoms with E-state index in [1.54, 1.807) is 0 Å². The van der Waals surface area contributed by atoms with Crippen LogP contribution < -0.4 is 0 Å². The normalized spacial score (nSPS) is 14.0. The predicted octanol–water partition coefficient (Wildman–Crippen LogP) is 5.66. The van der Waals surface area contributed by atoms with Gasteiger partial charge in [-0.15, -0.1) is 23.2 Å². The van der Waals surface area contributed by atoms with Gasteiger partial charge in [0, 0.05) is 11.8 Å². The second kappa shape index (κ2) is 6.64. The first-order chi connectivity index (χ1) is 10.6. The van der Waals surface area contributed by atoms with E-state index in [1.807, 2.05) is 0 Å². The van der Waals surface area contributed by atoms with Crippen molar-refractivity contribution in [2.75, 3.05) is 0 Å². The van der Waals surface area contributed by atoms with Crippen LogP contribution in [0.3, 0.4) is 0 Å². The number of benzene rings is 2. The third-order valence-corrected chi connectivity index (χ3v) is 5.51. The molecule has 0 amide bonds. The van der Waals surface area contributed by atoms with Crippen molar-refractivity contribution in [1.82, 2.24) is 0 Å². The lowest BCUT2D eigenvalue weighted by atomic mass is 9.85. The third-order valence-electron chi connectivity index (χ3n) is 4.93. The molecule has 0 heterocycles. The van der Waals surface area contributed by atoms with Crippen LogP contribution in [0.15, 0.2) is 24.3 Å². The molecular formula is C20H22Cl2. The van der Waals surface area contributed by atoms with E-state index in [4.69, 9.17) is 23.2 Å². The summed E-state index contributed by atoms with van der Waals surface area (Å²) in [6.45, 7) is 4.34. The number of aryl methyl sites for hydroxylation is 6. The van der Waals surface area contributed by atoms with Crippen LogP contribution in [0.1, 0.15) is 44.5 Å². The van der Waals surface area contributed by atoms with Gasteiger partial charge >= 0.3 is 0 Å². The molecule has 2 aromatic rings. The molecule has 0 aliphatic heterocycles. The molecule has 0 fully saturated rings. The Morgan fingerprint density at radius 1 is 0.636 bits per heavy atom. The van der Waals surface area contributed by atoms with Crippen LogP contribution in [-0.2, 0) is 37.4 Å². The summed E-state index contributed by atoms with van der Waals surface area (Å²) in [4.78, 5) is 0. The zero-order valence-corrected chi connectivity index (χ0v) is 14.8. The molecule has 0 atom stereocenters. The zero-order valence-electron chi connectivity index (χ0n) is 13.3. The lowest BCUT2D eigenvalue weighted by Crippen LogP contribution is -2.09. The van der Waals surface area contributed by atoms with Gasteiger partial charge in [0.05, 0.1) is 0 Å². The minimum absolute atomic E-state index is 0.602. The van der Waals surface area contributed by atoms with Crippen LogP contribution in [0.4, 0.5) is 0 Å². The van der Waals surface area contributed by atoms with Crippen LogP contribution in [-0.4, -0.2) is 0 Å². The van der Waals surface area contributed by atoms with Crippen molar-refractivity contribution in [2.45, 2.75) is 51.3 Å². The largest absolute Gasteiger partial charge is 0.122 e. The molecule has 0 aromatic heterocycles. The van der Waals surface area contributed by atoms with Gasteiger partial charge in [-0.3, -0.25) is 0 Å². The van der Waals surface area contributed by atoms with E-state index in [2.05, 4.69) is 38.1 Å². The van der Waals surface area contributed by atoms with Gasteiger partial charge in [0.25, 0.3) is 0 Å². The fourth-order valence-electron chi connectivity index (χ4n) is 3.48. The quantitative estimate of drug-likeness (QED) is 0.622. The first-order valence-corrected chi connectivity index (χ1v) is 9.03. The Balaban J connectivity index is 1.97. The van der Waals surface area contributed by atoms with E-state index < -0.39 is 0 Å². The van der Waals surface area contributed by atoms with Crippen molar-refractivity contribution in [3.05, 3.63) is 68.8 Å². The Bertz CT molecular complexity index is 640. The van der Waals surface area contributed by atoms with Crippen LogP contribution >= 0.6 is 23.2 Å². The topological polar surface area (TPSA) is 0 Å². The van der Waals surface area contributed by atoms with Crippen LogP contribution in [0.2, 0.25) is 0 Å². The number of hydrogen-bond acceptors (Lipinski definition) is 0. The molecular weight excluding hydrogens is 311 g/mol. The van der Waals surface area contributed by atoms with Crippen molar-refractivity contribution in [3.8, 4) is 0 Å². The van der Waals surface area contributed by atoms with E-state index in [0.717, 1.165) is 25.7 Å². The Hall–Kier alpha value is -0.980. The number of fused-ring (bicyclic) bond motifs is 2. The molecule has 22 heavy (non-hydrogen) atoms. The molecule has 2 aromatic carbocycles. The lowest BCUT2D eigenvalue weighted by molar-refractivity contribution is 0.832. The third kappa shape index (κ3) is 3.05. The maximum absolute atomic E-state index is 6.07. The Labute approximate surface area is 143 Å². The molecule has 116 valence electrons. The summed E-state index contributed by atoms with van der Waals surface area (Å²) >= 11 is 12.1. The first-order valence-electron chi connectivity index (χ1n) is 7.97. The number of alkyl halides is 2. The minimum Gasteiger partial charge on any atom is -0.122 e. The van der Waals surface area contributed by atoms with Crippen molar-refractivity contribution >= 4 is 23.2 Å². The monoisotopic (exact) mass is 332 g/mol. The van der Waals surface area contributed by atoms with Crippen LogP contribution in [0.5, 0.6) is 0 Å². The molecule has 2 heteroatoms. The van der Waals surface area contributed by atoms with Gasteiger partial charge in [-0.2, -0.15) is 0 Å². The summed E-state index contributed by atoms with van der Waals surface area (Å²) in [7, 11) is 0. The van der Waals surface area contributed by atoms with E-state index in [1.165, 1.54) is 44.5 Å². The summed E-state index contributed by atoms with van der Waals surface area (Å²) in [6, 6.07) is 9.33. The van der Waals surface area contributed by atoms with Crippen molar-refractivity contribution in [2.24, 2.45) is 0 Å². The van der Waals surface area contributed by atoms with Crippen molar-refractivity contribution < 1.29 is 0 Å². The Morgan fingerprint density at radius 2 is 0.955 bits per heavy atom. The highest BCUT2D eigenvalue weighted by molar-refractivity contribution is 6.17. The fourth-order valence-corrected chi connectivity index (χ4v) is 4.06. The summed E-state index contributed by atoms with van der Waals surface area (Å²) in [5.41, 5.74) is 11.1. The Morgan fingerprint density at radius 3 is 1.27 bits per heavy atom. The average Bonchev–Trinajstić information content (AvgIpc) is 2.51. The number of hydrogen-bond donors (Lipinski definition) is 0. The van der Waals surface area contributed by atoms with Gasteiger partial charge in [0.1, 0.15) is 0 Å². The smallest absolute Gasteiger partial charge is 0.0476 e. The van der Waals surface area contributed by atoms with Gasteiger partial charge in [-0.1, -0.05) is 24.3 Å². The number of rotatable bonds is 2. The van der Waals surface area contributed by atoms with Crippen LogP contribution in [0.25, 0.3) is 0 Å². The molecule has 1 aliphatic carbocycles. The van der Waals surface area contributed by atoms with E-state index in [9.17, 15) is 0 Å². The van der Waals surface area contributed by atoms with Crippen molar-refractivity contribution in [1.29, 1.82) is 0 Å². The van der Waals surface area contributed by atoms with Crippen LogP contribution in [0, 0.1) is 13.8 Å². The molecule has 0 saturated carbocycles. The molecule has 0 bridgehead atoms. The van der Waals surface area contributed by atoms with Gasteiger partial charge in [0.2, 0.25) is 0 Å².